The number of aryl methyl sites for hydroxylation is 1. The molecular weight excluding hydrogens is 509 g/mol. The number of nitrogens with zero attached hydrogens (tertiary/aromatic N) is 5. The molecule has 2 aliphatic rings. The van der Waals surface area contributed by atoms with Gasteiger partial charge in [-0.15, -0.1) is 0 Å². The molecule has 2 aromatic heterocycles. The number of hydrogen-bond donors (Lipinski definition) is 1. The predicted octanol–water partition coefficient (Wildman–Crippen LogP) is 3.88. The molecule has 4 heterocycles. The van der Waals surface area contributed by atoms with Crippen LogP contribution in [0.2, 0.25) is 0 Å². The monoisotopic (exact) mass is 533 g/mol. The average Bonchev–Trinajstić information content (AvgIpc) is 3.24. The van der Waals surface area contributed by atoms with E-state index >= 15 is 8.78 Å². The Morgan fingerprint density at radius 3 is 2.21 bits per heavy atom. The van der Waals surface area contributed by atoms with Crippen LogP contribution in [0.1, 0.15) is 35.6 Å². The molecule has 1 amide bonds. The minimum absolute atomic E-state index is 0.101. The number of anilines is 1. The number of likely N-dealkylation sites (tertiary alicyclic amines) is 1. The Morgan fingerprint density at radius 2 is 1.61 bits per heavy atom. The third-order valence-corrected chi connectivity index (χ3v) is 6.96. The lowest BCUT2D eigenvalue weighted by atomic mass is 9.94. The van der Waals surface area contributed by atoms with E-state index in [1.165, 1.54) is 50.1 Å². The van der Waals surface area contributed by atoms with Crippen molar-refractivity contribution in [2.24, 2.45) is 0 Å². The van der Waals surface area contributed by atoms with Gasteiger partial charge >= 0.3 is 0 Å². The summed E-state index contributed by atoms with van der Waals surface area (Å²) < 4.78 is 76.0. The second-order valence-electron chi connectivity index (χ2n) is 10.3. The van der Waals surface area contributed by atoms with Crippen molar-refractivity contribution in [2.45, 2.75) is 37.7 Å². The van der Waals surface area contributed by atoms with Crippen LogP contribution in [-0.2, 0) is 5.60 Å². The molecule has 0 spiro atoms. The minimum Gasteiger partial charge on any atom is -0.384 e. The summed E-state index contributed by atoms with van der Waals surface area (Å²) >= 11 is 0. The molecule has 1 N–H and O–H groups in total. The van der Waals surface area contributed by atoms with Crippen molar-refractivity contribution in [1.29, 1.82) is 0 Å². The zero-order valence-corrected chi connectivity index (χ0v) is 20.8. The topological polar surface area (TPSA) is 82.5 Å². The third-order valence-electron chi connectivity index (χ3n) is 6.96. The number of pyridine rings is 1. The fourth-order valence-corrected chi connectivity index (χ4v) is 5.05. The molecule has 12 heteroatoms. The first-order valence-corrected chi connectivity index (χ1v) is 11.8. The number of carbonyl (C=O) groups excluding carboxylic acids is 1. The number of fused-ring (bicyclic) bond motifs is 1. The van der Waals surface area contributed by atoms with Crippen molar-refractivity contribution in [1.82, 2.24) is 19.9 Å². The highest BCUT2D eigenvalue weighted by Crippen LogP contribution is 2.46. The van der Waals surface area contributed by atoms with Gasteiger partial charge in [-0.3, -0.25) is 9.78 Å². The molecule has 200 valence electrons. The first-order chi connectivity index (χ1) is 17.7. The SMILES string of the molecule is Cc1nc(N2C[C@]3(F)CN(C(=O)c4c(F)cccc4-c4ncccc4F)C[C@]3(F)C2)nc(C(C)(C)O)c1F. The molecule has 0 saturated carbocycles. The Kier molecular flexibility index (Phi) is 5.93. The standard InChI is InChI=1S/C26H24F5N5O2/c1-14-19(29)21(24(2,3)38)34-23(33-14)36-12-25(30)10-35(11-26(25,31)13-36)22(37)18-15(6-4-7-16(18)27)20-17(28)8-5-9-32-20/h4-9,38H,10-13H2,1-3H3/t25-,26+. The molecular formula is C26H24F5N5O2. The smallest absolute Gasteiger partial charge is 0.257 e. The summed E-state index contributed by atoms with van der Waals surface area (Å²) in [6.07, 6.45) is 1.28. The maximum atomic E-state index is 16.1. The van der Waals surface area contributed by atoms with Gasteiger partial charge in [-0.25, -0.2) is 31.9 Å². The van der Waals surface area contributed by atoms with Crippen LogP contribution < -0.4 is 4.90 Å². The predicted molar refractivity (Wildman–Crippen MR) is 127 cm³/mol. The summed E-state index contributed by atoms with van der Waals surface area (Å²) in [7, 11) is 0. The number of aromatic nitrogens is 3. The highest BCUT2D eigenvalue weighted by atomic mass is 19.2. The Bertz CT molecular complexity index is 1430. The molecule has 2 saturated heterocycles. The Labute approximate surface area is 215 Å². The van der Waals surface area contributed by atoms with Gasteiger partial charge in [0.15, 0.2) is 17.2 Å². The van der Waals surface area contributed by atoms with Gasteiger partial charge in [0.25, 0.3) is 5.91 Å². The van der Waals surface area contributed by atoms with Crippen molar-refractivity contribution < 1.29 is 31.9 Å². The fraction of sp³-hybridized carbons (Fsp3) is 0.385. The summed E-state index contributed by atoms with van der Waals surface area (Å²) in [5.41, 5.74) is -8.19. The lowest BCUT2D eigenvalue weighted by Crippen LogP contribution is -2.44. The Hall–Kier alpha value is -3.67. The van der Waals surface area contributed by atoms with E-state index in [1.54, 1.807) is 0 Å². The second kappa shape index (κ2) is 8.69. The van der Waals surface area contributed by atoms with E-state index in [9.17, 15) is 23.1 Å². The van der Waals surface area contributed by atoms with E-state index in [0.717, 1.165) is 17.0 Å². The summed E-state index contributed by atoms with van der Waals surface area (Å²) in [6.45, 7) is 1.44. The van der Waals surface area contributed by atoms with E-state index < -0.39 is 72.0 Å². The molecule has 2 fully saturated rings. The number of aliphatic hydroxyl groups is 1. The van der Waals surface area contributed by atoms with Gasteiger partial charge in [-0.1, -0.05) is 12.1 Å². The number of hydrogen-bond acceptors (Lipinski definition) is 6. The minimum atomic E-state index is -2.58. The van der Waals surface area contributed by atoms with E-state index in [-0.39, 0.29) is 28.6 Å². The van der Waals surface area contributed by atoms with Gasteiger partial charge in [0.1, 0.15) is 28.6 Å². The van der Waals surface area contributed by atoms with Crippen LogP contribution in [0.15, 0.2) is 36.5 Å². The first-order valence-electron chi connectivity index (χ1n) is 11.8. The van der Waals surface area contributed by atoms with Gasteiger partial charge in [0.05, 0.1) is 37.4 Å². The largest absolute Gasteiger partial charge is 0.384 e. The zero-order chi connectivity index (χ0) is 27.6. The number of alkyl halides is 2. The number of halogens is 5. The first kappa shape index (κ1) is 26.0. The van der Waals surface area contributed by atoms with Crippen molar-refractivity contribution in [3.8, 4) is 11.3 Å². The number of amides is 1. The molecule has 3 aromatic rings. The van der Waals surface area contributed by atoms with Gasteiger partial charge in [-0.2, -0.15) is 0 Å². The van der Waals surface area contributed by atoms with Crippen LogP contribution in [0.5, 0.6) is 0 Å². The van der Waals surface area contributed by atoms with E-state index in [0.29, 0.717) is 0 Å². The van der Waals surface area contributed by atoms with E-state index in [2.05, 4.69) is 15.0 Å². The maximum absolute atomic E-state index is 16.1. The van der Waals surface area contributed by atoms with Crippen LogP contribution >= 0.6 is 0 Å². The molecule has 2 atom stereocenters. The molecule has 2 aliphatic heterocycles. The zero-order valence-electron chi connectivity index (χ0n) is 20.8. The van der Waals surface area contributed by atoms with Crippen molar-refractivity contribution in [2.75, 3.05) is 31.1 Å². The van der Waals surface area contributed by atoms with E-state index in [1.807, 2.05) is 0 Å². The number of carbonyl (C=O) groups is 1. The van der Waals surface area contributed by atoms with Crippen LogP contribution in [0, 0.1) is 24.4 Å². The molecule has 7 nitrogen and oxygen atoms in total. The molecule has 0 unspecified atom stereocenters. The highest BCUT2D eigenvalue weighted by molar-refractivity contribution is 6.01. The van der Waals surface area contributed by atoms with Crippen molar-refractivity contribution in [3.05, 3.63) is 70.9 Å². The lowest BCUT2D eigenvalue weighted by molar-refractivity contribution is 0.0491. The third kappa shape index (κ3) is 4.07. The van der Waals surface area contributed by atoms with Crippen LogP contribution in [0.4, 0.5) is 27.9 Å². The van der Waals surface area contributed by atoms with Crippen LogP contribution in [0.25, 0.3) is 11.3 Å². The van der Waals surface area contributed by atoms with Gasteiger partial charge in [0, 0.05) is 11.8 Å². The quantitative estimate of drug-likeness (QED) is 0.513. The molecule has 0 bridgehead atoms. The Balaban J connectivity index is 1.44. The van der Waals surface area contributed by atoms with Crippen LogP contribution in [-0.4, -0.2) is 68.4 Å². The average molecular weight is 534 g/mol. The number of benzene rings is 1. The summed E-state index contributed by atoms with van der Waals surface area (Å²) in [4.78, 5) is 27.4. The van der Waals surface area contributed by atoms with Crippen molar-refractivity contribution >= 4 is 11.9 Å². The highest BCUT2D eigenvalue weighted by Gasteiger charge is 2.67. The van der Waals surface area contributed by atoms with Gasteiger partial charge in [0.2, 0.25) is 5.95 Å². The normalized spacial score (nSPS) is 23.2. The van der Waals surface area contributed by atoms with Gasteiger partial charge < -0.3 is 14.9 Å². The Morgan fingerprint density at radius 1 is 0.974 bits per heavy atom. The van der Waals surface area contributed by atoms with E-state index in [4.69, 9.17) is 0 Å². The fourth-order valence-electron chi connectivity index (χ4n) is 5.05. The second-order valence-corrected chi connectivity index (χ2v) is 10.3. The van der Waals surface area contributed by atoms with Crippen LogP contribution in [0.3, 0.4) is 0 Å². The lowest BCUT2D eigenvalue weighted by Gasteiger charge is -2.25. The summed E-state index contributed by atoms with van der Waals surface area (Å²) in [5.74, 6) is -3.76. The molecule has 5 rings (SSSR count). The van der Waals surface area contributed by atoms with Crippen molar-refractivity contribution in [3.63, 3.8) is 0 Å². The number of rotatable bonds is 4. The maximum Gasteiger partial charge on any atom is 0.257 e. The summed E-state index contributed by atoms with van der Waals surface area (Å²) in [6, 6.07) is 6.04. The summed E-state index contributed by atoms with van der Waals surface area (Å²) in [5, 5.41) is 10.3. The molecule has 0 radical (unpaired) electrons. The molecule has 0 aliphatic carbocycles. The molecule has 1 aromatic carbocycles. The van der Waals surface area contributed by atoms with Gasteiger partial charge in [-0.05, 0) is 39.0 Å². The molecule has 38 heavy (non-hydrogen) atoms.